The summed E-state index contributed by atoms with van der Waals surface area (Å²) >= 11 is 0. The first-order chi connectivity index (χ1) is 29.0. The van der Waals surface area contributed by atoms with Gasteiger partial charge in [0.1, 0.15) is 11.2 Å². The lowest BCUT2D eigenvalue weighted by Crippen LogP contribution is -2.15. The van der Waals surface area contributed by atoms with Crippen LogP contribution in [-0.2, 0) is 5.41 Å². The first-order valence-corrected chi connectivity index (χ1v) is 20.2. The third-order valence-corrected chi connectivity index (χ3v) is 12.8. The van der Waals surface area contributed by atoms with Crippen LogP contribution in [0, 0.1) is 0 Å². The maximum Gasteiger partial charge on any atom is 0.164 e. The molecular weight excluding hydrogens is 721 g/mol. The zero-order chi connectivity index (χ0) is 39.0. The average Bonchev–Trinajstić information content (AvgIpc) is 3.88. The minimum atomic E-state index is -0.171. The molecule has 1 aliphatic rings. The van der Waals surface area contributed by atoms with E-state index in [9.17, 15) is 0 Å². The third kappa shape index (κ3) is 4.47. The van der Waals surface area contributed by atoms with Gasteiger partial charge in [-0.25, -0.2) is 15.0 Å². The van der Waals surface area contributed by atoms with Gasteiger partial charge in [0, 0.05) is 43.7 Å². The molecule has 0 N–H and O–H groups in total. The molecule has 4 aromatic heterocycles. The predicted molar refractivity (Wildman–Crippen MR) is 241 cm³/mol. The van der Waals surface area contributed by atoms with E-state index >= 15 is 0 Å². The van der Waals surface area contributed by atoms with Crippen LogP contribution >= 0.6 is 0 Å². The number of nitrogens with zero attached hydrogens (tertiary/aromatic N) is 4. The molecule has 0 radical (unpaired) electrons. The summed E-state index contributed by atoms with van der Waals surface area (Å²) in [6.45, 7) is 4.62. The van der Waals surface area contributed by atoms with Crippen molar-refractivity contribution in [3.63, 3.8) is 0 Å². The number of aromatic nitrogens is 4. The van der Waals surface area contributed by atoms with Crippen molar-refractivity contribution < 1.29 is 4.42 Å². The van der Waals surface area contributed by atoms with Crippen LogP contribution < -0.4 is 0 Å². The fourth-order valence-electron chi connectivity index (χ4n) is 10.0. The standard InChI is InChI=1S/C54H34N4O/c1-54(2)41-19-9-6-15-35(41)36-28-27-34(29-42(36)54)52-55-51(33-25-23-32(24-26-33)31-13-4-3-5-14-31)56-53(57-52)40-30-46-49-48-38(18-12-22-45(48)59-46)37-16-7-10-20-43(37)58-44-21-11-8-17-39(44)47(40)50(49)58/h3-30H,1-2H3. The molecule has 0 amide bonds. The normalized spacial score (nSPS) is 13.4. The Labute approximate surface area is 339 Å². The van der Waals surface area contributed by atoms with E-state index in [0.29, 0.717) is 17.5 Å². The highest BCUT2D eigenvalue weighted by Crippen LogP contribution is 2.50. The van der Waals surface area contributed by atoms with Gasteiger partial charge in [0.25, 0.3) is 0 Å². The van der Waals surface area contributed by atoms with Crippen molar-refractivity contribution in [2.24, 2.45) is 0 Å². The van der Waals surface area contributed by atoms with Crippen molar-refractivity contribution in [1.29, 1.82) is 0 Å². The molecule has 0 fully saturated rings. The molecule has 0 bridgehead atoms. The van der Waals surface area contributed by atoms with Gasteiger partial charge in [0.2, 0.25) is 0 Å². The van der Waals surface area contributed by atoms with Crippen LogP contribution in [0.25, 0.3) is 116 Å². The summed E-state index contributed by atoms with van der Waals surface area (Å²) in [6, 6.07) is 60.4. The van der Waals surface area contributed by atoms with Crippen molar-refractivity contribution in [2.75, 3.05) is 0 Å². The molecule has 0 saturated heterocycles. The van der Waals surface area contributed by atoms with Crippen LogP contribution in [0.15, 0.2) is 174 Å². The van der Waals surface area contributed by atoms with E-state index < -0.39 is 0 Å². The summed E-state index contributed by atoms with van der Waals surface area (Å²) in [7, 11) is 0. The van der Waals surface area contributed by atoms with E-state index in [1.807, 2.05) is 6.07 Å². The number of furan rings is 1. The second kappa shape index (κ2) is 11.7. The van der Waals surface area contributed by atoms with E-state index in [0.717, 1.165) is 77.1 Å². The second-order valence-corrected chi connectivity index (χ2v) is 16.4. The Morgan fingerprint density at radius 2 is 1.02 bits per heavy atom. The molecule has 0 atom stereocenters. The second-order valence-electron chi connectivity index (χ2n) is 16.4. The summed E-state index contributed by atoms with van der Waals surface area (Å²) in [6.07, 6.45) is 0. The van der Waals surface area contributed by atoms with E-state index in [-0.39, 0.29) is 5.41 Å². The lowest BCUT2D eigenvalue weighted by atomic mass is 9.82. The maximum atomic E-state index is 6.81. The molecule has 0 spiro atoms. The third-order valence-electron chi connectivity index (χ3n) is 12.8. The van der Waals surface area contributed by atoms with Gasteiger partial charge in [0.05, 0.1) is 21.9 Å². The maximum absolute atomic E-state index is 6.81. The van der Waals surface area contributed by atoms with Crippen molar-refractivity contribution >= 4 is 60.0 Å². The smallest absolute Gasteiger partial charge is 0.164 e. The van der Waals surface area contributed by atoms with E-state index in [1.165, 1.54) is 33.0 Å². The van der Waals surface area contributed by atoms with Gasteiger partial charge in [-0.2, -0.15) is 0 Å². The average molecular weight is 755 g/mol. The summed E-state index contributed by atoms with van der Waals surface area (Å²) in [4.78, 5) is 16.1. The summed E-state index contributed by atoms with van der Waals surface area (Å²) in [5.41, 5.74) is 15.1. The molecule has 4 heterocycles. The Morgan fingerprint density at radius 1 is 0.407 bits per heavy atom. The minimum absolute atomic E-state index is 0.171. The number of hydrogen-bond donors (Lipinski definition) is 0. The zero-order valence-corrected chi connectivity index (χ0v) is 32.4. The Balaban J connectivity index is 1.12. The molecule has 276 valence electrons. The van der Waals surface area contributed by atoms with Crippen LogP contribution in [0.2, 0.25) is 0 Å². The molecule has 5 heteroatoms. The van der Waals surface area contributed by atoms with E-state index in [4.69, 9.17) is 19.4 Å². The van der Waals surface area contributed by atoms with Crippen LogP contribution in [0.4, 0.5) is 0 Å². The molecule has 0 aliphatic heterocycles. The molecule has 1 aliphatic carbocycles. The zero-order valence-electron chi connectivity index (χ0n) is 32.4. The molecule has 8 aromatic carbocycles. The van der Waals surface area contributed by atoms with Crippen LogP contribution in [0.3, 0.4) is 0 Å². The fourth-order valence-corrected chi connectivity index (χ4v) is 10.0. The highest BCUT2D eigenvalue weighted by molar-refractivity contribution is 6.33. The first-order valence-electron chi connectivity index (χ1n) is 20.2. The van der Waals surface area contributed by atoms with Crippen LogP contribution in [0.1, 0.15) is 25.0 Å². The van der Waals surface area contributed by atoms with Gasteiger partial charge in [0.15, 0.2) is 17.5 Å². The molecule has 12 aromatic rings. The number of benzene rings is 8. The van der Waals surface area contributed by atoms with Crippen molar-refractivity contribution in [3.05, 3.63) is 181 Å². The predicted octanol–water partition coefficient (Wildman–Crippen LogP) is 13.9. The summed E-state index contributed by atoms with van der Waals surface area (Å²) in [5, 5.41) is 6.81. The fraction of sp³-hybridized carbons (Fsp3) is 0.0556. The molecule has 13 rings (SSSR count). The number of fused-ring (bicyclic) bond motifs is 9. The summed E-state index contributed by atoms with van der Waals surface area (Å²) in [5.74, 6) is 1.85. The number of rotatable bonds is 4. The van der Waals surface area contributed by atoms with Gasteiger partial charge >= 0.3 is 0 Å². The van der Waals surface area contributed by atoms with Gasteiger partial charge in [-0.05, 0) is 69.1 Å². The largest absolute Gasteiger partial charge is 0.456 e. The van der Waals surface area contributed by atoms with E-state index in [2.05, 4.69) is 182 Å². The molecular formula is C54H34N4O. The lowest BCUT2D eigenvalue weighted by Gasteiger charge is -2.21. The van der Waals surface area contributed by atoms with Gasteiger partial charge in [-0.15, -0.1) is 0 Å². The number of para-hydroxylation sites is 2. The lowest BCUT2D eigenvalue weighted by molar-refractivity contribution is 0.660. The van der Waals surface area contributed by atoms with E-state index in [1.54, 1.807) is 0 Å². The van der Waals surface area contributed by atoms with Crippen LogP contribution in [0.5, 0.6) is 0 Å². The summed E-state index contributed by atoms with van der Waals surface area (Å²) < 4.78 is 9.23. The Morgan fingerprint density at radius 3 is 1.85 bits per heavy atom. The van der Waals surface area contributed by atoms with Crippen molar-refractivity contribution in [1.82, 2.24) is 19.4 Å². The first kappa shape index (κ1) is 32.5. The van der Waals surface area contributed by atoms with Crippen molar-refractivity contribution in [2.45, 2.75) is 19.3 Å². The van der Waals surface area contributed by atoms with Gasteiger partial charge in [-0.1, -0.05) is 153 Å². The molecule has 0 unspecified atom stereocenters. The van der Waals surface area contributed by atoms with Gasteiger partial charge in [-0.3, -0.25) is 0 Å². The minimum Gasteiger partial charge on any atom is -0.456 e. The Kier molecular flexibility index (Phi) is 6.44. The quantitative estimate of drug-likeness (QED) is 0.180. The Hall–Kier alpha value is -7.63. The number of hydrogen-bond acceptors (Lipinski definition) is 4. The van der Waals surface area contributed by atoms with Crippen LogP contribution in [-0.4, -0.2) is 19.4 Å². The van der Waals surface area contributed by atoms with Gasteiger partial charge < -0.3 is 8.82 Å². The molecule has 59 heavy (non-hydrogen) atoms. The highest BCUT2D eigenvalue weighted by Gasteiger charge is 2.35. The highest BCUT2D eigenvalue weighted by atomic mass is 16.3. The topological polar surface area (TPSA) is 56.2 Å². The Bertz CT molecular complexity index is 3690. The SMILES string of the molecule is CC1(C)c2ccccc2-c2ccc(-c3nc(-c4ccc(-c5ccccc5)cc4)nc(-c4cc5oc6cccc7c8ccccc8n8c9ccccc9c4c8c5c67)n3)cc21. The van der Waals surface area contributed by atoms with Crippen molar-refractivity contribution in [3.8, 4) is 56.4 Å². The monoisotopic (exact) mass is 754 g/mol. The molecule has 0 saturated carbocycles. The molecule has 5 nitrogen and oxygen atoms in total.